The summed E-state index contributed by atoms with van der Waals surface area (Å²) < 4.78 is 7.85. The Morgan fingerprint density at radius 3 is 2.45 bits per heavy atom. The van der Waals surface area contributed by atoms with Crippen molar-refractivity contribution in [2.24, 2.45) is 5.92 Å². The molecule has 0 aliphatic rings. The van der Waals surface area contributed by atoms with E-state index in [2.05, 4.69) is 41.6 Å². The zero-order valence-electron chi connectivity index (χ0n) is 17.6. The van der Waals surface area contributed by atoms with Gasteiger partial charge in [-0.3, -0.25) is 10.1 Å². The Morgan fingerprint density at radius 2 is 1.86 bits per heavy atom. The van der Waals surface area contributed by atoms with Crippen molar-refractivity contribution in [1.82, 2.24) is 25.4 Å². The van der Waals surface area contributed by atoms with Gasteiger partial charge in [0.15, 0.2) is 11.0 Å². The molecule has 0 spiro atoms. The Labute approximate surface area is 175 Å². The maximum atomic E-state index is 12.1. The molecule has 1 aromatic carbocycles. The van der Waals surface area contributed by atoms with Gasteiger partial charge in [-0.05, 0) is 37.0 Å². The van der Waals surface area contributed by atoms with Gasteiger partial charge in [-0.1, -0.05) is 44.7 Å². The molecule has 3 amide bonds. The highest BCUT2D eigenvalue weighted by Crippen LogP contribution is 2.24. The van der Waals surface area contributed by atoms with Crippen molar-refractivity contribution in [3.8, 4) is 5.75 Å². The first kappa shape index (κ1) is 22.7. The predicted molar refractivity (Wildman–Crippen MR) is 113 cm³/mol. The summed E-state index contributed by atoms with van der Waals surface area (Å²) in [6, 6.07) is 7.45. The summed E-state index contributed by atoms with van der Waals surface area (Å²) in [6.07, 6.45) is 0.981. The van der Waals surface area contributed by atoms with Gasteiger partial charge in [0.1, 0.15) is 12.4 Å². The average Bonchev–Trinajstić information content (AvgIpc) is 3.07. The summed E-state index contributed by atoms with van der Waals surface area (Å²) >= 11 is 1.26. The first-order chi connectivity index (χ1) is 13.8. The summed E-state index contributed by atoms with van der Waals surface area (Å²) in [5.74, 6) is 1.44. The van der Waals surface area contributed by atoms with Crippen LogP contribution >= 0.6 is 11.8 Å². The molecule has 1 atom stereocenters. The molecule has 0 saturated heterocycles. The van der Waals surface area contributed by atoms with Gasteiger partial charge in [0.05, 0.1) is 5.25 Å². The number of ether oxygens (including phenoxy) is 1. The number of aryl methyl sites for hydroxylation is 1. The summed E-state index contributed by atoms with van der Waals surface area (Å²) in [5.41, 5.74) is 1.25. The molecule has 29 heavy (non-hydrogen) atoms. The van der Waals surface area contributed by atoms with Crippen LogP contribution in [-0.2, 0) is 24.4 Å². The van der Waals surface area contributed by atoms with E-state index in [-0.39, 0.29) is 12.5 Å². The number of thioether (sulfide) groups is 1. The lowest BCUT2D eigenvalue weighted by Gasteiger charge is -2.15. The van der Waals surface area contributed by atoms with Gasteiger partial charge in [0, 0.05) is 13.6 Å². The quantitative estimate of drug-likeness (QED) is 0.606. The molecule has 9 heteroatoms. The number of imide groups is 1. The molecule has 0 aliphatic carbocycles. The molecule has 2 rings (SSSR count). The minimum Gasteiger partial charge on any atom is -0.486 e. The van der Waals surface area contributed by atoms with Crippen molar-refractivity contribution in [2.75, 3.05) is 7.05 Å². The standard InChI is InChI=1S/C20H29N5O3S/c1-6-15-7-9-16(10-8-15)28-12-17-23-24-20(25(17)11-13(2)3)29-14(4)18(26)22-19(27)21-5/h7-10,13-14H,6,11-12H2,1-5H3,(H2,21,22,26,27)/t14-/m1/s1. The average molecular weight is 420 g/mol. The molecule has 2 aromatic rings. The van der Waals surface area contributed by atoms with E-state index in [1.54, 1.807) is 6.92 Å². The fraction of sp³-hybridized carbons (Fsp3) is 0.500. The smallest absolute Gasteiger partial charge is 0.321 e. The van der Waals surface area contributed by atoms with Crippen molar-refractivity contribution in [1.29, 1.82) is 0 Å². The number of hydrogen-bond acceptors (Lipinski definition) is 6. The van der Waals surface area contributed by atoms with Crippen molar-refractivity contribution >= 4 is 23.7 Å². The van der Waals surface area contributed by atoms with E-state index < -0.39 is 11.3 Å². The zero-order valence-corrected chi connectivity index (χ0v) is 18.4. The lowest BCUT2D eigenvalue weighted by Crippen LogP contribution is -2.41. The zero-order chi connectivity index (χ0) is 21.4. The maximum Gasteiger partial charge on any atom is 0.321 e. The van der Waals surface area contributed by atoms with Crippen LogP contribution in [0.15, 0.2) is 29.4 Å². The van der Waals surface area contributed by atoms with Crippen LogP contribution in [0.5, 0.6) is 5.75 Å². The first-order valence-corrected chi connectivity index (χ1v) is 10.5. The summed E-state index contributed by atoms with van der Waals surface area (Å²) in [5, 5.41) is 13.3. The minimum atomic E-state index is -0.533. The molecule has 0 bridgehead atoms. The molecule has 158 valence electrons. The second kappa shape index (κ2) is 10.8. The third-order valence-electron chi connectivity index (χ3n) is 4.16. The monoisotopic (exact) mass is 419 g/mol. The highest BCUT2D eigenvalue weighted by molar-refractivity contribution is 8.00. The lowest BCUT2D eigenvalue weighted by molar-refractivity contribution is -0.119. The summed E-state index contributed by atoms with van der Waals surface area (Å²) in [7, 11) is 1.46. The number of aromatic nitrogens is 3. The molecular weight excluding hydrogens is 390 g/mol. The number of carbonyl (C=O) groups is 2. The lowest BCUT2D eigenvalue weighted by atomic mass is 10.2. The fourth-order valence-corrected chi connectivity index (χ4v) is 3.40. The van der Waals surface area contributed by atoms with Gasteiger partial charge in [0.2, 0.25) is 5.91 Å². The van der Waals surface area contributed by atoms with Crippen molar-refractivity contribution in [2.45, 2.75) is 57.7 Å². The number of rotatable bonds is 9. The third kappa shape index (κ3) is 6.77. The molecule has 0 aliphatic heterocycles. The highest BCUT2D eigenvalue weighted by Gasteiger charge is 2.22. The third-order valence-corrected chi connectivity index (χ3v) is 5.24. The first-order valence-electron chi connectivity index (χ1n) is 9.67. The normalized spacial score (nSPS) is 11.9. The van der Waals surface area contributed by atoms with Gasteiger partial charge in [-0.15, -0.1) is 10.2 Å². The minimum absolute atomic E-state index is 0.282. The van der Waals surface area contributed by atoms with Crippen LogP contribution in [-0.4, -0.2) is 39.0 Å². The molecule has 0 unspecified atom stereocenters. The maximum absolute atomic E-state index is 12.1. The van der Waals surface area contributed by atoms with Gasteiger partial charge < -0.3 is 14.6 Å². The Balaban J connectivity index is 2.09. The Hall–Kier alpha value is -2.55. The predicted octanol–water partition coefficient (Wildman–Crippen LogP) is 3.01. The molecule has 1 aromatic heterocycles. The van der Waals surface area contributed by atoms with Crippen LogP contribution in [0.1, 0.15) is 39.1 Å². The van der Waals surface area contributed by atoms with Crippen LogP contribution < -0.4 is 15.4 Å². The van der Waals surface area contributed by atoms with E-state index >= 15 is 0 Å². The van der Waals surface area contributed by atoms with Gasteiger partial charge in [-0.25, -0.2) is 4.79 Å². The molecule has 2 N–H and O–H groups in total. The number of hydrogen-bond donors (Lipinski definition) is 2. The van der Waals surface area contributed by atoms with E-state index in [1.807, 2.05) is 28.8 Å². The van der Waals surface area contributed by atoms with Crippen molar-refractivity contribution < 1.29 is 14.3 Å². The molecule has 8 nitrogen and oxygen atoms in total. The van der Waals surface area contributed by atoms with Crippen molar-refractivity contribution in [3.63, 3.8) is 0 Å². The Kier molecular flexibility index (Phi) is 8.50. The molecule has 0 saturated carbocycles. The Morgan fingerprint density at radius 1 is 1.17 bits per heavy atom. The van der Waals surface area contributed by atoms with E-state index in [1.165, 1.54) is 24.4 Å². The number of carbonyl (C=O) groups excluding carboxylic acids is 2. The van der Waals surface area contributed by atoms with E-state index in [0.717, 1.165) is 12.2 Å². The summed E-state index contributed by atoms with van der Waals surface area (Å²) in [4.78, 5) is 23.5. The molecule has 0 radical (unpaired) electrons. The number of nitrogens with one attached hydrogen (secondary N) is 2. The second-order valence-electron chi connectivity index (χ2n) is 7.02. The number of urea groups is 1. The van der Waals surface area contributed by atoms with Gasteiger partial charge >= 0.3 is 6.03 Å². The SMILES string of the molecule is CCc1ccc(OCc2nnc(S[C@H](C)C(=O)NC(=O)NC)n2CC(C)C)cc1. The van der Waals surface area contributed by atoms with Crippen LogP contribution in [0.3, 0.4) is 0 Å². The van der Waals surface area contributed by atoms with Gasteiger partial charge in [-0.2, -0.15) is 0 Å². The number of benzene rings is 1. The fourth-order valence-electron chi connectivity index (χ4n) is 2.52. The van der Waals surface area contributed by atoms with E-state index in [4.69, 9.17) is 4.74 Å². The van der Waals surface area contributed by atoms with Crippen LogP contribution in [0.25, 0.3) is 0 Å². The number of amides is 3. The molecule has 0 fully saturated rings. The largest absolute Gasteiger partial charge is 0.486 e. The number of nitrogens with zero attached hydrogens (tertiary/aromatic N) is 3. The van der Waals surface area contributed by atoms with Crippen molar-refractivity contribution in [3.05, 3.63) is 35.7 Å². The second-order valence-corrected chi connectivity index (χ2v) is 8.33. The highest BCUT2D eigenvalue weighted by atomic mass is 32.2. The van der Waals surface area contributed by atoms with Crippen LogP contribution in [0.2, 0.25) is 0 Å². The topological polar surface area (TPSA) is 98.1 Å². The van der Waals surface area contributed by atoms with E-state index in [0.29, 0.717) is 23.4 Å². The van der Waals surface area contributed by atoms with Crippen LogP contribution in [0.4, 0.5) is 4.79 Å². The summed E-state index contributed by atoms with van der Waals surface area (Å²) in [6.45, 7) is 9.02. The Bertz CT molecular complexity index is 820. The van der Waals surface area contributed by atoms with E-state index in [9.17, 15) is 9.59 Å². The molecular formula is C20H29N5O3S. The van der Waals surface area contributed by atoms with Crippen LogP contribution in [0, 0.1) is 5.92 Å². The molecule has 1 heterocycles. The van der Waals surface area contributed by atoms with Gasteiger partial charge in [0.25, 0.3) is 0 Å².